The normalized spacial score (nSPS) is 20.6. The maximum absolute atomic E-state index is 12.0. The number of rotatable bonds is 6. The molecule has 5 nitrogen and oxygen atoms in total. The summed E-state index contributed by atoms with van der Waals surface area (Å²) in [6, 6.07) is 0.399. The fourth-order valence-corrected chi connectivity index (χ4v) is 3.51. The van der Waals surface area contributed by atoms with Crippen molar-refractivity contribution >= 4 is 33.7 Å². The van der Waals surface area contributed by atoms with Crippen LogP contribution in [0.2, 0.25) is 0 Å². The van der Waals surface area contributed by atoms with Gasteiger partial charge in [0.05, 0.1) is 16.1 Å². The van der Waals surface area contributed by atoms with Crippen molar-refractivity contribution in [3.63, 3.8) is 0 Å². The van der Waals surface area contributed by atoms with Crippen LogP contribution in [-0.4, -0.2) is 24.8 Å². The van der Waals surface area contributed by atoms with Crippen molar-refractivity contribution < 1.29 is 9.59 Å². The van der Waals surface area contributed by atoms with Crippen LogP contribution in [-0.2, 0) is 0 Å². The first-order chi connectivity index (χ1) is 9.49. The maximum atomic E-state index is 12.0. The van der Waals surface area contributed by atoms with Gasteiger partial charge in [-0.25, -0.2) is 0 Å². The number of nitrogens with one attached hydrogen (secondary N) is 2. The topological polar surface area (TPSA) is 84.2 Å². The van der Waals surface area contributed by atoms with Crippen molar-refractivity contribution in [2.75, 3.05) is 18.1 Å². The molecule has 1 aromatic heterocycles. The summed E-state index contributed by atoms with van der Waals surface area (Å²) >= 11 is 1.28. The zero-order valence-corrected chi connectivity index (χ0v) is 12.9. The van der Waals surface area contributed by atoms with Crippen LogP contribution in [0.1, 0.15) is 53.1 Å². The first kappa shape index (κ1) is 14.8. The average molecular weight is 295 g/mol. The summed E-state index contributed by atoms with van der Waals surface area (Å²) in [4.78, 5) is 24.0. The predicted molar refractivity (Wildman–Crippen MR) is 82.6 cm³/mol. The molecule has 2 rings (SSSR count). The minimum absolute atomic E-state index is 0.105. The Morgan fingerprint density at radius 1 is 1.45 bits per heavy atom. The number of hydrogen-bond acceptors (Lipinski definition) is 5. The molecule has 1 saturated carbocycles. The minimum Gasteiger partial charge on any atom is -0.397 e. The number of nitrogens with two attached hydrogens (primary N) is 1. The number of Topliss-reactive ketones (excluding diaryl/α,β-unsaturated/α-hetero) is 1. The highest BCUT2D eigenvalue weighted by Gasteiger charge is 2.37. The monoisotopic (exact) mass is 295 g/mol. The summed E-state index contributed by atoms with van der Waals surface area (Å²) in [5, 5.41) is 6.68. The number of ketones is 1. The van der Waals surface area contributed by atoms with Crippen LogP contribution < -0.4 is 16.4 Å². The highest BCUT2D eigenvalue weighted by Crippen LogP contribution is 2.42. The van der Waals surface area contributed by atoms with Gasteiger partial charge in [-0.05, 0) is 18.8 Å². The molecular formula is C14H21N3O2S. The lowest BCUT2D eigenvalue weighted by Crippen LogP contribution is -2.20. The van der Waals surface area contributed by atoms with Crippen molar-refractivity contribution in [1.29, 1.82) is 0 Å². The second-order valence-electron chi connectivity index (χ2n) is 5.22. The largest absolute Gasteiger partial charge is 0.397 e. The van der Waals surface area contributed by atoms with Gasteiger partial charge < -0.3 is 16.4 Å². The van der Waals surface area contributed by atoms with E-state index in [0.29, 0.717) is 22.4 Å². The molecule has 2 atom stereocenters. The Bertz CT molecular complexity index is 539. The fourth-order valence-electron chi connectivity index (χ4n) is 2.44. The van der Waals surface area contributed by atoms with Crippen LogP contribution in [0.4, 0.5) is 10.7 Å². The molecule has 0 bridgehead atoms. The molecule has 2 unspecified atom stereocenters. The van der Waals surface area contributed by atoms with Gasteiger partial charge in [-0.2, -0.15) is 0 Å². The number of carbonyl (C=O) groups is 2. The summed E-state index contributed by atoms with van der Waals surface area (Å²) in [7, 11) is 1.56. The first-order valence-electron chi connectivity index (χ1n) is 6.91. The molecule has 20 heavy (non-hydrogen) atoms. The van der Waals surface area contributed by atoms with Gasteiger partial charge in [-0.15, -0.1) is 11.3 Å². The van der Waals surface area contributed by atoms with E-state index in [1.807, 2.05) is 0 Å². The Kier molecular flexibility index (Phi) is 4.32. The molecule has 0 spiro atoms. The van der Waals surface area contributed by atoms with Crippen LogP contribution in [0.3, 0.4) is 0 Å². The third kappa shape index (κ3) is 2.80. The molecule has 0 saturated heterocycles. The Balaban J connectivity index is 2.25. The molecule has 6 heteroatoms. The molecule has 1 heterocycles. The quantitative estimate of drug-likeness (QED) is 0.704. The van der Waals surface area contributed by atoms with Gasteiger partial charge in [-0.3, -0.25) is 9.59 Å². The van der Waals surface area contributed by atoms with Crippen molar-refractivity contribution in [2.24, 2.45) is 5.92 Å². The molecular weight excluding hydrogens is 274 g/mol. The lowest BCUT2D eigenvalue weighted by molar-refractivity contribution is 0.0965. The van der Waals surface area contributed by atoms with Crippen molar-refractivity contribution in [2.45, 2.75) is 39.2 Å². The highest BCUT2D eigenvalue weighted by atomic mass is 32.1. The molecule has 1 aliphatic rings. The van der Waals surface area contributed by atoms with E-state index >= 15 is 0 Å². The van der Waals surface area contributed by atoms with Gasteiger partial charge >= 0.3 is 0 Å². The molecule has 0 aromatic carbocycles. The number of amides is 1. The Morgan fingerprint density at radius 2 is 2.15 bits per heavy atom. The Morgan fingerprint density at radius 3 is 2.70 bits per heavy atom. The lowest BCUT2D eigenvalue weighted by Gasteiger charge is -2.06. The lowest BCUT2D eigenvalue weighted by atomic mass is 10.2. The third-order valence-electron chi connectivity index (χ3n) is 3.62. The minimum atomic E-state index is -0.249. The summed E-state index contributed by atoms with van der Waals surface area (Å²) in [5.74, 6) is 0.315. The van der Waals surface area contributed by atoms with E-state index in [9.17, 15) is 9.59 Å². The number of anilines is 2. The maximum Gasteiger partial charge on any atom is 0.256 e. The van der Waals surface area contributed by atoms with Crippen LogP contribution in [0, 0.1) is 5.92 Å². The van der Waals surface area contributed by atoms with Crippen molar-refractivity contribution in [1.82, 2.24) is 5.32 Å². The van der Waals surface area contributed by atoms with E-state index in [2.05, 4.69) is 17.6 Å². The SMILES string of the molecule is CCCC1CC1Nc1sc(C(C)=O)c(N)c1C(=O)NC. The van der Waals surface area contributed by atoms with Gasteiger partial charge in [0.25, 0.3) is 5.91 Å². The van der Waals surface area contributed by atoms with Gasteiger partial charge in [0.2, 0.25) is 0 Å². The van der Waals surface area contributed by atoms with E-state index in [1.165, 1.54) is 24.7 Å². The Labute approximate surface area is 122 Å². The summed E-state index contributed by atoms with van der Waals surface area (Å²) in [6.07, 6.45) is 3.47. The number of thiophene rings is 1. The molecule has 0 radical (unpaired) electrons. The standard InChI is InChI=1S/C14H21N3O2S/c1-4-5-8-6-9(8)17-14-10(13(19)16-3)11(15)12(20-14)7(2)18/h8-9,17H,4-6,15H2,1-3H3,(H,16,19). The Hall–Kier alpha value is -1.56. The van der Waals surface area contributed by atoms with Crippen LogP contribution in [0.15, 0.2) is 0 Å². The number of nitrogen functional groups attached to an aromatic ring is 1. The zero-order chi connectivity index (χ0) is 14.9. The summed E-state index contributed by atoms with van der Waals surface area (Å²) in [6.45, 7) is 3.64. The fraction of sp³-hybridized carbons (Fsp3) is 0.571. The van der Waals surface area contributed by atoms with Gasteiger partial charge in [-0.1, -0.05) is 13.3 Å². The molecule has 1 amide bonds. The predicted octanol–water partition coefficient (Wildman–Crippen LogP) is 2.49. The zero-order valence-electron chi connectivity index (χ0n) is 12.1. The van der Waals surface area contributed by atoms with Crippen LogP contribution in [0.25, 0.3) is 0 Å². The van der Waals surface area contributed by atoms with Gasteiger partial charge in [0.15, 0.2) is 5.78 Å². The van der Waals surface area contributed by atoms with Crippen molar-refractivity contribution in [3.05, 3.63) is 10.4 Å². The number of hydrogen-bond donors (Lipinski definition) is 3. The summed E-state index contributed by atoms with van der Waals surface area (Å²) < 4.78 is 0. The van der Waals surface area contributed by atoms with Crippen LogP contribution in [0.5, 0.6) is 0 Å². The van der Waals surface area contributed by atoms with Crippen molar-refractivity contribution in [3.8, 4) is 0 Å². The van der Waals surface area contributed by atoms with Gasteiger partial charge in [0.1, 0.15) is 5.00 Å². The molecule has 1 aromatic rings. The highest BCUT2D eigenvalue weighted by molar-refractivity contribution is 7.19. The van der Waals surface area contributed by atoms with E-state index in [4.69, 9.17) is 5.73 Å². The second kappa shape index (κ2) is 5.83. The number of carbonyl (C=O) groups excluding carboxylic acids is 2. The molecule has 4 N–H and O–H groups in total. The van der Waals surface area contributed by atoms with E-state index in [1.54, 1.807) is 7.05 Å². The second-order valence-corrected chi connectivity index (χ2v) is 6.24. The molecule has 1 aliphatic carbocycles. The van der Waals surface area contributed by atoms with Gasteiger partial charge in [0, 0.05) is 20.0 Å². The van der Waals surface area contributed by atoms with E-state index in [0.717, 1.165) is 17.8 Å². The smallest absolute Gasteiger partial charge is 0.256 e. The van der Waals surface area contributed by atoms with E-state index in [-0.39, 0.29) is 17.4 Å². The van der Waals surface area contributed by atoms with E-state index < -0.39 is 0 Å². The van der Waals surface area contributed by atoms with Crippen LogP contribution >= 0.6 is 11.3 Å². The average Bonchev–Trinajstić information content (AvgIpc) is 3.03. The first-order valence-corrected chi connectivity index (χ1v) is 7.73. The molecule has 0 aliphatic heterocycles. The third-order valence-corrected chi connectivity index (χ3v) is 4.86. The molecule has 1 fully saturated rings. The summed E-state index contributed by atoms with van der Waals surface area (Å²) in [5.41, 5.74) is 6.66. The molecule has 110 valence electrons.